The summed E-state index contributed by atoms with van der Waals surface area (Å²) in [6, 6.07) is -0.648. The first-order valence-corrected chi connectivity index (χ1v) is 26.1. The highest BCUT2D eigenvalue weighted by atomic mass is 16.5. The Hall–Kier alpha value is -1.66. The Labute approximate surface area is 367 Å². The number of aliphatic hydroxyl groups excluding tert-OH is 2. The fraction of sp³-hybridized carbons (Fsp3) is 0.887. The van der Waals surface area contributed by atoms with Gasteiger partial charge in [-0.3, -0.25) is 9.59 Å². The number of unbranched alkanes of at least 4 members (excludes halogenated alkanes) is 35. The first kappa shape index (κ1) is 57.3. The molecule has 2 unspecified atom stereocenters. The number of aliphatic hydroxyl groups is 2. The van der Waals surface area contributed by atoms with Gasteiger partial charge in [0, 0.05) is 12.8 Å². The van der Waals surface area contributed by atoms with Crippen molar-refractivity contribution in [2.75, 3.05) is 13.2 Å². The monoisotopic (exact) mass is 832 g/mol. The summed E-state index contributed by atoms with van der Waals surface area (Å²) in [5.74, 6) is -0.130. The van der Waals surface area contributed by atoms with Gasteiger partial charge in [0.2, 0.25) is 5.91 Å². The smallest absolute Gasteiger partial charge is 0.305 e. The number of nitrogens with one attached hydrogen (secondary N) is 1. The Balaban J connectivity index is 3.53. The van der Waals surface area contributed by atoms with E-state index in [0.717, 1.165) is 57.8 Å². The standard InChI is InChI=1S/C53H101NO5/c1-3-5-7-9-11-13-15-17-19-20-21-23-24-26-29-33-37-41-45-51(56)50(49-55)54-52(57)46-42-38-34-30-28-32-36-40-44-48-59-53(58)47-43-39-35-31-27-25-22-18-16-14-12-10-8-6-4-2/h18,22,41,45,50-51,55-56H,3-17,19-21,23-40,42-44,46-49H2,1-2H3,(H,54,57)/b22-18-,45-41+. The lowest BCUT2D eigenvalue weighted by atomic mass is 10.0. The van der Waals surface area contributed by atoms with Crippen LogP contribution in [0.4, 0.5) is 0 Å². The van der Waals surface area contributed by atoms with Gasteiger partial charge in [-0.05, 0) is 57.8 Å². The summed E-state index contributed by atoms with van der Waals surface area (Å²) in [5, 5.41) is 23.1. The minimum atomic E-state index is -0.862. The Morgan fingerprint density at radius 1 is 0.458 bits per heavy atom. The van der Waals surface area contributed by atoms with Crippen LogP contribution in [-0.4, -0.2) is 47.4 Å². The second-order valence-corrected chi connectivity index (χ2v) is 17.9. The SMILES string of the molecule is CCCCCCCC/C=C\CCCCCCCC(=O)OCCCCCCCCCCCC(=O)NC(CO)C(O)/C=C/CCCCCCCCCCCCCCCCCC. The molecule has 1 amide bonds. The number of allylic oxidation sites excluding steroid dienone is 3. The van der Waals surface area contributed by atoms with E-state index in [-0.39, 0.29) is 18.5 Å². The van der Waals surface area contributed by atoms with E-state index in [1.165, 1.54) is 193 Å². The zero-order chi connectivity index (χ0) is 43.0. The number of carbonyl (C=O) groups excluding carboxylic acids is 2. The summed E-state index contributed by atoms with van der Waals surface area (Å²) in [4.78, 5) is 24.5. The van der Waals surface area contributed by atoms with E-state index in [4.69, 9.17) is 4.74 Å². The first-order valence-electron chi connectivity index (χ1n) is 26.1. The predicted molar refractivity (Wildman–Crippen MR) is 255 cm³/mol. The lowest BCUT2D eigenvalue weighted by Crippen LogP contribution is -2.45. The number of amides is 1. The molecule has 0 aromatic carbocycles. The van der Waals surface area contributed by atoms with Crippen molar-refractivity contribution in [3.05, 3.63) is 24.3 Å². The molecule has 0 aromatic rings. The van der Waals surface area contributed by atoms with Crippen molar-refractivity contribution in [3.8, 4) is 0 Å². The first-order chi connectivity index (χ1) is 29.0. The zero-order valence-corrected chi connectivity index (χ0v) is 39.5. The molecule has 6 heteroatoms. The van der Waals surface area contributed by atoms with Crippen molar-refractivity contribution in [2.45, 2.75) is 289 Å². The normalized spacial score (nSPS) is 12.8. The number of hydrogen-bond acceptors (Lipinski definition) is 5. The average Bonchev–Trinajstić information content (AvgIpc) is 3.24. The van der Waals surface area contributed by atoms with Crippen LogP contribution >= 0.6 is 0 Å². The van der Waals surface area contributed by atoms with Crippen LogP contribution in [0.5, 0.6) is 0 Å². The van der Waals surface area contributed by atoms with Crippen molar-refractivity contribution in [2.24, 2.45) is 0 Å². The number of carbonyl (C=O) groups is 2. The Morgan fingerprint density at radius 3 is 1.20 bits per heavy atom. The molecule has 0 bridgehead atoms. The maximum absolute atomic E-state index is 12.4. The van der Waals surface area contributed by atoms with Crippen molar-refractivity contribution in [3.63, 3.8) is 0 Å². The van der Waals surface area contributed by atoms with Crippen molar-refractivity contribution >= 4 is 11.9 Å². The molecule has 0 spiro atoms. The van der Waals surface area contributed by atoms with Gasteiger partial charge in [0.05, 0.1) is 25.4 Å². The molecule has 0 aromatic heterocycles. The van der Waals surface area contributed by atoms with Gasteiger partial charge in [0.1, 0.15) is 0 Å². The molecule has 0 aliphatic carbocycles. The molecule has 0 heterocycles. The van der Waals surface area contributed by atoms with Crippen LogP contribution in [0.15, 0.2) is 24.3 Å². The van der Waals surface area contributed by atoms with E-state index in [1.807, 2.05) is 6.08 Å². The van der Waals surface area contributed by atoms with E-state index >= 15 is 0 Å². The van der Waals surface area contributed by atoms with Gasteiger partial charge in [-0.2, -0.15) is 0 Å². The summed E-state index contributed by atoms with van der Waals surface area (Å²) in [7, 11) is 0. The van der Waals surface area contributed by atoms with Gasteiger partial charge in [-0.15, -0.1) is 0 Å². The average molecular weight is 832 g/mol. The number of esters is 1. The molecule has 0 radical (unpaired) electrons. The predicted octanol–water partition coefficient (Wildman–Crippen LogP) is 15.5. The van der Waals surface area contributed by atoms with Crippen LogP contribution in [0, 0.1) is 0 Å². The van der Waals surface area contributed by atoms with E-state index in [2.05, 4.69) is 31.3 Å². The van der Waals surface area contributed by atoms with Crippen LogP contribution in [0.25, 0.3) is 0 Å². The molecule has 6 nitrogen and oxygen atoms in total. The Kier molecular flexibility index (Phi) is 47.6. The van der Waals surface area contributed by atoms with Crippen molar-refractivity contribution < 1.29 is 24.5 Å². The van der Waals surface area contributed by atoms with Crippen molar-refractivity contribution in [1.29, 1.82) is 0 Å². The third-order valence-electron chi connectivity index (χ3n) is 12.0. The summed E-state index contributed by atoms with van der Waals surface area (Å²) in [6.07, 6.45) is 57.4. The summed E-state index contributed by atoms with van der Waals surface area (Å²) < 4.78 is 5.45. The van der Waals surface area contributed by atoms with Gasteiger partial charge in [0.25, 0.3) is 0 Å². The highest BCUT2D eigenvalue weighted by Crippen LogP contribution is 2.16. The number of rotatable bonds is 48. The molecule has 3 N–H and O–H groups in total. The zero-order valence-electron chi connectivity index (χ0n) is 39.5. The summed E-state index contributed by atoms with van der Waals surface area (Å²) >= 11 is 0. The minimum Gasteiger partial charge on any atom is -0.466 e. The van der Waals surface area contributed by atoms with Gasteiger partial charge < -0.3 is 20.3 Å². The van der Waals surface area contributed by atoms with E-state index in [0.29, 0.717) is 19.4 Å². The topological polar surface area (TPSA) is 95.9 Å². The molecule has 0 fully saturated rings. The molecule has 0 aliphatic heterocycles. The van der Waals surface area contributed by atoms with Crippen LogP contribution < -0.4 is 5.32 Å². The molecule has 0 saturated carbocycles. The maximum Gasteiger partial charge on any atom is 0.305 e. The summed E-state index contributed by atoms with van der Waals surface area (Å²) in [5.41, 5.74) is 0. The van der Waals surface area contributed by atoms with E-state index in [9.17, 15) is 19.8 Å². The quantitative estimate of drug-likeness (QED) is 0.0322. The molecule has 59 heavy (non-hydrogen) atoms. The fourth-order valence-electron chi connectivity index (χ4n) is 7.92. The molecular weight excluding hydrogens is 731 g/mol. The van der Waals surface area contributed by atoms with Crippen molar-refractivity contribution in [1.82, 2.24) is 5.32 Å². The van der Waals surface area contributed by atoms with Crippen LogP contribution in [0.2, 0.25) is 0 Å². The third-order valence-corrected chi connectivity index (χ3v) is 12.0. The van der Waals surface area contributed by atoms with Gasteiger partial charge in [-0.1, -0.05) is 231 Å². The highest BCUT2D eigenvalue weighted by Gasteiger charge is 2.18. The molecular formula is C53H101NO5. The lowest BCUT2D eigenvalue weighted by molar-refractivity contribution is -0.143. The molecule has 2 atom stereocenters. The number of hydrogen-bond donors (Lipinski definition) is 3. The second-order valence-electron chi connectivity index (χ2n) is 17.9. The molecule has 348 valence electrons. The van der Waals surface area contributed by atoms with Crippen LogP contribution in [0.3, 0.4) is 0 Å². The van der Waals surface area contributed by atoms with Crippen LogP contribution in [-0.2, 0) is 14.3 Å². The molecule has 0 saturated heterocycles. The third kappa shape index (κ3) is 45.7. The van der Waals surface area contributed by atoms with Gasteiger partial charge in [-0.25, -0.2) is 0 Å². The highest BCUT2D eigenvalue weighted by molar-refractivity contribution is 5.76. The number of ether oxygens (including phenoxy) is 1. The van der Waals surface area contributed by atoms with E-state index in [1.54, 1.807) is 6.08 Å². The summed E-state index contributed by atoms with van der Waals surface area (Å²) in [6.45, 7) is 4.84. The maximum atomic E-state index is 12.4. The van der Waals surface area contributed by atoms with Gasteiger partial charge in [0.15, 0.2) is 0 Å². The second kappa shape index (κ2) is 49.0. The Morgan fingerprint density at radius 2 is 0.797 bits per heavy atom. The minimum absolute atomic E-state index is 0.0351. The fourth-order valence-corrected chi connectivity index (χ4v) is 7.92. The largest absolute Gasteiger partial charge is 0.466 e. The van der Waals surface area contributed by atoms with Crippen LogP contribution in [0.1, 0.15) is 277 Å². The van der Waals surface area contributed by atoms with Gasteiger partial charge >= 0.3 is 5.97 Å². The lowest BCUT2D eigenvalue weighted by Gasteiger charge is -2.20. The molecule has 0 aliphatic rings. The Bertz CT molecular complexity index is 920. The molecule has 0 rings (SSSR count). The van der Waals surface area contributed by atoms with E-state index < -0.39 is 12.1 Å².